The Morgan fingerprint density at radius 2 is 1.67 bits per heavy atom. The first kappa shape index (κ1) is 33.4. The van der Waals surface area contributed by atoms with E-state index >= 15 is 0 Å². The molecule has 0 atom stereocenters. The molecule has 0 aliphatic heterocycles. The van der Waals surface area contributed by atoms with E-state index in [1.807, 2.05) is 58.0 Å². The third-order valence-electron chi connectivity index (χ3n) is 7.40. The zero-order valence-electron chi connectivity index (χ0n) is 24.2. The molecule has 0 fully saturated rings. The minimum absolute atomic E-state index is 0. The van der Waals surface area contributed by atoms with Crippen molar-refractivity contribution in [3.63, 3.8) is 0 Å². The van der Waals surface area contributed by atoms with Gasteiger partial charge in [-0.15, -0.1) is 23.6 Å². The number of aliphatic hydroxyl groups excluding tert-OH is 1. The van der Waals surface area contributed by atoms with Gasteiger partial charge in [-0.25, -0.2) is 16.3 Å². The van der Waals surface area contributed by atoms with Gasteiger partial charge in [-0.2, -0.15) is 5.26 Å². The van der Waals surface area contributed by atoms with Crippen LogP contribution in [0.5, 0.6) is 0 Å². The molecule has 0 unspecified atom stereocenters. The summed E-state index contributed by atoms with van der Waals surface area (Å²) in [4.78, 5) is 22.6. The second kappa shape index (κ2) is 16.0. The molecule has 0 aliphatic rings. The Morgan fingerprint density at radius 3 is 2.33 bits per heavy atom. The SMILES string of the molecule is CCC(CC)C(=O)/C=C(\O)C(CC)CC.N#CSc1c2ccccc2cc2c(-c3[c-]c4ccccc4s3)ncnc12.[Ir]. The Bertz CT molecular complexity index is 1700. The number of thiocyanates is 1. The summed E-state index contributed by atoms with van der Waals surface area (Å²) >= 11 is 2.82. The average molecular weight is 773 g/mol. The van der Waals surface area contributed by atoms with E-state index in [1.165, 1.54) is 10.8 Å². The molecule has 0 bridgehead atoms. The number of ketones is 1. The van der Waals surface area contributed by atoms with Crippen molar-refractivity contribution in [1.29, 1.82) is 5.26 Å². The van der Waals surface area contributed by atoms with Crippen LogP contribution in [0.1, 0.15) is 53.4 Å². The number of thioether (sulfide) groups is 1. The van der Waals surface area contributed by atoms with Gasteiger partial charge in [-0.05, 0) is 63.2 Å². The van der Waals surface area contributed by atoms with Crippen LogP contribution in [-0.4, -0.2) is 20.9 Å². The molecular weight excluding hydrogens is 739 g/mol. The van der Waals surface area contributed by atoms with Gasteiger partial charge < -0.3 is 5.11 Å². The minimum Gasteiger partial charge on any atom is -0.512 e. The molecule has 0 aliphatic carbocycles. The summed E-state index contributed by atoms with van der Waals surface area (Å²) in [5.74, 6) is 0.547. The molecule has 1 radical (unpaired) electrons. The van der Waals surface area contributed by atoms with Crippen LogP contribution in [0.3, 0.4) is 0 Å². The fraction of sp³-hybridized carbons (Fsp3) is 0.294. The molecule has 2 aromatic heterocycles. The number of aromatic nitrogens is 2. The standard InChI is InChI=1S/C21H10N3S2.C13H24O2.Ir/c22-11-25-21-15-7-3-1-5-13(15)9-16-19(23-12-24-20(16)21)18-10-14-6-2-4-8-17(14)26-18;1-5-10(6-2)12(14)9-13(15)11(7-3)8-4;/h1-9,12H;9-11,14H,5-8H2,1-4H3;/q-1;;/b;12-9-;. The smallest absolute Gasteiger partial charge is 0.162 e. The van der Waals surface area contributed by atoms with Crippen LogP contribution in [0.4, 0.5) is 0 Å². The molecule has 3 aromatic carbocycles. The third kappa shape index (κ3) is 7.46. The Morgan fingerprint density at radius 1 is 1.00 bits per heavy atom. The summed E-state index contributed by atoms with van der Waals surface area (Å²) in [6.45, 7) is 8.07. The van der Waals surface area contributed by atoms with Crippen molar-refractivity contribution in [2.24, 2.45) is 11.8 Å². The van der Waals surface area contributed by atoms with Crippen molar-refractivity contribution in [3.05, 3.63) is 78.8 Å². The van der Waals surface area contributed by atoms with Crippen LogP contribution >= 0.6 is 23.1 Å². The first-order valence-corrected chi connectivity index (χ1v) is 15.7. The number of allylic oxidation sites excluding steroid dienone is 2. The monoisotopic (exact) mass is 773 g/mol. The quantitative estimate of drug-likeness (QED) is 0.0401. The molecule has 8 heteroatoms. The van der Waals surface area contributed by atoms with Gasteiger partial charge in [0.05, 0.1) is 16.2 Å². The normalized spacial score (nSPS) is 11.4. The van der Waals surface area contributed by atoms with Crippen LogP contribution in [0, 0.1) is 28.6 Å². The maximum atomic E-state index is 11.7. The van der Waals surface area contributed by atoms with Crippen LogP contribution in [-0.2, 0) is 24.9 Å². The van der Waals surface area contributed by atoms with Gasteiger partial charge in [0.2, 0.25) is 0 Å². The molecule has 0 amide bonds. The molecule has 2 heterocycles. The molecule has 0 saturated carbocycles. The van der Waals surface area contributed by atoms with Crippen molar-refractivity contribution >= 4 is 60.6 Å². The van der Waals surface area contributed by atoms with Gasteiger partial charge in [-0.3, -0.25) is 9.78 Å². The molecule has 0 spiro atoms. The number of nitrogens with zero attached hydrogens (tertiary/aromatic N) is 3. The van der Waals surface area contributed by atoms with E-state index in [9.17, 15) is 15.2 Å². The summed E-state index contributed by atoms with van der Waals surface area (Å²) in [7, 11) is 0. The van der Waals surface area contributed by atoms with E-state index < -0.39 is 0 Å². The second-order valence-corrected chi connectivity index (χ2v) is 11.6. The Balaban J connectivity index is 0.000000263. The van der Waals surface area contributed by atoms with Crippen LogP contribution in [0.2, 0.25) is 0 Å². The molecule has 42 heavy (non-hydrogen) atoms. The van der Waals surface area contributed by atoms with Crippen LogP contribution in [0.15, 0.2) is 77.7 Å². The molecular formula is C34H34IrN3O2S2-. The zero-order chi connectivity index (χ0) is 29.4. The van der Waals surface area contributed by atoms with Crippen molar-refractivity contribution < 1.29 is 30.0 Å². The summed E-state index contributed by atoms with van der Waals surface area (Å²) < 4.78 is 1.18. The summed E-state index contributed by atoms with van der Waals surface area (Å²) in [6, 6.07) is 21.8. The largest absolute Gasteiger partial charge is 0.512 e. The van der Waals surface area contributed by atoms with Gasteiger partial charge in [0.1, 0.15) is 11.7 Å². The van der Waals surface area contributed by atoms with E-state index in [1.54, 1.807) is 17.7 Å². The number of hydrogen-bond donors (Lipinski definition) is 1. The fourth-order valence-corrected chi connectivity index (χ4v) is 6.62. The molecule has 5 rings (SSSR count). The number of hydrogen-bond acceptors (Lipinski definition) is 7. The van der Waals surface area contributed by atoms with Crippen LogP contribution in [0.25, 0.3) is 42.3 Å². The summed E-state index contributed by atoms with van der Waals surface area (Å²) in [5, 5.41) is 25.4. The first-order chi connectivity index (χ1) is 19.9. The number of nitriles is 1. The zero-order valence-corrected chi connectivity index (χ0v) is 28.2. The maximum absolute atomic E-state index is 11.7. The van der Waals surface area contributed by atoms with Crippen molar-refractivity contribution in [3.8, 4) is 16.0 Å². The van der Waals surface area contributed by atoms with E-state index in [0.29, 0.717) is 0 Å². The number of carbonyl (C=O) groups is 1. The summed E-state index contributed by atoms with van der Waals surface area (Å²) in [5.41, 5.74) is 1.67. The number of benzene rings is 3. The van der Waals surface area contributed by atoms with E-state index in [2.05, 4.69) is 45.7 Å². The van der Waals surface area contributed by atoms with Crippen molar-refractivity contribution in [2.75, 3.05) is 0 Å². The van der Waals surface area contributed by atoms with E-state index in [0.717, 1.165) is 80.0 Å². The van der Waals surface area contributed by atoms with Crippen LogP contribution < -0.4 is 0 Å². The predicted octanol–water partition coefficient (Wildman–Crippen LogP) is 9.91. The first-order valence-electron chi connectivity index (χ1n) is 14.0. The Labute approximate surface area is 269 Å². The number of thiophene rings is 1. The van der Waals surface area contributed by atoms with E-state index in [4.69, 9.17) is 0 Å². The Hall–Kier alpha value is -3.08. The Kier molecular flexibility index (Phi) is 12.7. The third-order valence-corrected chi connectivity index (χ3v) is 9.18. The molecule has 0 saturated heterocycles. The number of rotatable bonds is 9. The molecule has 1 N–H and O–H groups in total. The molecule has 5 nitrogen and oxygen atoms in total. The molecule has 5 aromatic rings. The van der Waals surface area contributed by atoms with E-state index in [-0.39, 0.29) is 43.5 Å². The second-order valence-electron chi connectivity index (χ2n) is 9.79. The van der Waals surface area contributed by atoms with Gasteiger partial charge in [0.15, 0.2) is 5.78 Å². The van der Waals surface area contributed by atoms with Gasteiger partial charge in [-0.1, -0.05) is 70.2 Å². The molecule has 219 valence electrons. The van der Waals surface area contributed by atoms with Gasteiger partial charge >= 0.3 is 0 Å². The number of fused-ring (bicyclic) bond motifs is 3. The van der Waals surface area contributed by atoms with Gasteiger partial charge in [0.25, 0.3) is 0 Å². The number of aliphatic hydroxyl groups is 1. The number of carbonyl (C=O) groups excluding carboxylic acids is 1. The van der Waals surface area contributed by atoms with Crippen molar-refractivity contribution in [2.45, 2.75) is 58.3 Å². The fourth-order valence-electron chi connectivity index (χ4n) is 4.96. The predicted molar refractivity (Wildman–Crippen MR) is 172 cm³/mol. The minimum atomic E-state index is 0. The topological polar surface area (TPSA) is 86.9 Å². The average Bonchev–Trinajstić information content (AvgIpc) is 3.43. The van der Waals surface area contributed by atoms with Gasteiger partial charge in [0, 0.05) is 43.7 Å². The maximum Gasteiger partial charge on any atom is 0.162 e. The van der Waals surface area contributed by atoms with Crippen molar-refractivity contribution in [1.82, 2.24) is 9.97 Å². The summed E-state index contributed by atoms with van der Waals surface area (Å²) in [6.07, 6.45) is 6.48.